The van der Waals surface area contributed by atoms with Crippen LogP contribution in [0.25, 0.3) is 0 Å². The molecule has 0 amide bonds. The van der Waals surface area contributed by atoms with Crippen molar-refractivity contribution >= 4 is 22.8 Å². The molecular weight excluding hydrogens is 668 g/mol. The van der Waals surface area contributed by atoms with Crippen molar-refractivity contribution in [2.24, 2.45) is 13.5 Å². The molecule has 26 heteroatoms. The van der Waals surface area contributed by atoms with Crippen molar-refractivity contribution in [3.8, 4) is 0 Å². The van der Waals surface area contributed by atoms with Crippen molar-refractivity contribution in [1.29, 1.82) is 0 Å². The zero-order chi connectivity index (χ0) is 31.7. The van der Waals surface area contributed by atoms with Crippen LogP contribution in [0, 0.1) is 0 Å². The fourth-order valence-corrected chi connectivity index (χ4v) is 13.4. The van der Waals surface area contributed by atoms with Gasteiger partial charge in [-0.1, -0.05) is 20.8 Å². The predicted octanol–water partition coefficient (Wildman–Crippen LogP) is 9.62. The van der Waals surface area contributed by atoms with Crippen LogP contribution in [0.15, 0.2) is 13.5 Å². The Balaban J connectivity index is 4.22. The van der Waals surface area contributed by atoms with Gasteiger partial charge in [0.1, 0.15) is 0 Å². The van der Waals surface area contributed by atoms with E-state index in [2.05, 4.69) is 36.2 Å². The van der Waals surface area contributed by atoms with Gasteiger partial charge in [0.15, 0.2) is 33.0 Å². The van der Waals surface area contributed by atoms with Crippen LogP contribution in [0.2, 0.25) is 0 Å². The molecule has 0 aromatic heterocycles. The van der Waals surface area contributed by atoms with E-state index in [9.17, 15) is 65.9 Å². The van der Waals surface area contributed by atoms with E-state index in [4.69, 9.17) is 0 Å². The zero-order valence-electron chi connectivity index (χ0n) is 19.9. The second kappa shape index (κ2) is 12.2. The summed E-state index contributed by atoms with van der Waals surface area (Å²) < 4.78 is 226. The maximum atomic E-state index is 13.1. The van der Waals surface area contributed by atoms with Crippen LogP contribution in [0.4, 0.5) is 65.9 Å². The molecule has 0 N–H and O–H groups in total. The summed E-state index contributed by atoms with van der Waals surface area (Å²) in [6, 6.07) is 0. The van der Waals surface area contributed by atoms with Crippen LogP contribution < -0.4 is 0 Å². The molecular formula is C14H19F15N3O5P3. The van der Waals surface area contributed by atoms with Crippen molar-refractivity contribution in [3.63, 3.8) is 0 Å². The van der Waals surface area contributed by atoms with E-state index in [1.807, 2.05) is 0 Å². The van der Waals surface area contributed by atoms with Gasteiger partial charge in [0.05, 0.1) is 0 Å². The van der Waals surface area contributed by atoms with Crippen LogP contribution in [-0.4, -0.2) is 69.1 Å². The van der Waals surface area contributed by atoms with Gasteiger partial charge in [-0.05, 0) is 0 Å². The van der Waals surface area contributed by atoms with E-state index in [1.54, 1.807) is 0 Å². The quantitative estimate of drug-likeness (QED) is 0.169. The Morgan fingerprint density at radius 3 is 0.900 bits per heavy atom. The predicted molar refractivity (Wildman–Crippen MR) is 108 cm³/mol. The molecule has 1 heterocycles. The zero-order valence-corrected chi connectivity index (χ0v) is 22.6. The Morgan fingerprint density at radius 2 is 0.650 bits per heavy atom. The lowest BCUT2D eigenvalue weighted by atomic mass is 10.3. The Bertz CT molecular complexity index is 958. The second-order valence-corrected chi connectivity index (χ2v) is 16.2. The topological polar surface area (TPSA) is 83.2 Å². The normalized spacial score (nSPS) is 22.4. The molecule has 1 aliphatic rings. The summed E-state index contributed by atoms with van der Waals surface area (Å²) in [5.74, 6) is 0. The minimum Gasteiger partial charge on any atom is -0.317 e. The third-order valence-corrected chi connectivity index (χ3v) is 13.2. The minimum atomic E-state index is -5.83. The molecule has 0 aliphatic carbocycles. The van der Waals surface area contributed by atoms with E-state index in [0.29, 0.717) is 0 Å². The summed E-state index contributed by atoms with van der Waals surface area (Å²) >= 11 is 0. The van der Waals surface area contributed by atoms with E-state index in [-0.39, 0.29) is 0 Å². The van der Waals surface area contributed by atoms with Crippen LogP contribution in [0.3, 0.4) is 0 Å². The molecule has 1 unspecified atom stereocenters. The molecule has 1 aliphatic heterocycles. The first-order valence-electron chi connectivity index (χ1n) is 9.88. The molecule has 0 spiro atoms. The first-order chi connectivity index (χ1) is 17.4. The monoisotopic (exact) mass is 687 g/mol. The molecule has 0 bridgehead atoms. The maximum absolute atomic E-state index is 13.1. The average Bonchev–Trinajstić information content (AvgIpc) is 2.69. The van der Waals surface area contributed by atoms with Crippen LogP contribution >= 0.6 is 22.8 Å². The maximum Gasteiger partial charge on any atom is 0.412 e. The SMILES string of the molecule is CC(C)(C)P1(OCC(F)(F)F)=NP(OCC(F)(F)F)(OCC(F)(F)F)=NP(OCC(F)(F)F)(OCC(F)(F)F)=N1. The van der Waals surface area contributed by atoms with Gasteiger partial charge in [-0.3, -0.25) is 18.1 Å². The molecule has 1 atom stereocenters. The number of alkyl halides is 15. The number of hydrogen-bond donors (Lipinski definition) is 0. The standard InChI is InChI=1S/C14H19F15N3O5P3/c1-9(2,3)38(33-4-10(15,16)17)30-39(34-5-11(18,19)20,35-6-12(21,22)23)32-40(31-38,36-7-13(24,25)26)37-8-14(27,28)29/h4-8H2,1-3H3. The average molecular weight is 687 g/mol. The summed E-state index contributed by atoms with van der Waals surface area (Å²) in [5.41, 5.74) is 0. The molecule has 0 saturated carbocycles. The molecule has 0 aromatic carbocycles. The van der Waals surface area contributed by atoms with Gasteiger partial charge in [0.2, 0.25) is 7.43 Å². The van der Waals surface area contributed by atoms with Gasteiger partial charge in [0, 0.05) is 5.16 Å². The van der Waals surface area contributed by atoms with Gasteiger partial charge >= 0.3 is 46.2 Å². The van der Waals surface area contributed by atoms with Crippen molar-refractivity contribution in [3.05, 3.63) is 0 Å². The highest BCUT2D eigenvalue weighted by Gasteiger charge is 2.52. The first kappa shape index (κ1) is 37.5. The Morgan fingerprint density at radius 1 is 0.400 bits per heavy atom. The lowest BCUT2D eigenvalue weighted by Crippen LogP contribution is -2.25. The smallest absolute Gasteiger partial charge is 0.317 e. The lowest BCUT2D eigenvalue weighted by Gasteiger charge is -2.39. The van der Waals surface area contributed by atoms with Crippen molar-refractivity contribution < 1.29 is 88.5 Å². The van der Waals surface area contributed by atoms with Gasteiger partial charge < -0.3 is 4.52 Å². The summed E-state index contributed by atoms with van der Waals surface area (Å²) in [4.78, 5) is 0. The van der Waals surface area contributed by atoms with Crippen LogP contribution in [0.5, 0.6) is 0 Å². The van der Waals surface area contributed by atoms with Gasteiger partial charge in [0.25, 0.3) is 0 Å². The number of halogens is 15. The van der Waals surface area contributed by atoms with Gasteiger partial charge in [-0.15, -0.1) is 4.52 Å². The molecule has 1 rings (SSSR count). The first-order valence-corrected chi connectivity index (χ1v) is 14.6. The van der Waals surface area contributed by atoms with E-state index >= 15 is 0 Å². The van der Waals surface area contributed by atoms with E-state index in [0.717, 1.165) is 20.8 Å². The lowest BCUT2D eigenvalue weighted by molar-refractivity contribution is -0.163. The molecule has 0 saturated heterocycles. The fourth-order valence-electron chi connectivity index (χ4n) is 2.09. The molecule has 0 aromatic rings. The second-order valence-electron chi connectivity index (χ2n) is 8.41. The van der Waals surface area contributed by atoms with Crippen molar-refractivity contribution in [2.45, 2.75) is 56.8 Å². The summed E-state index contributed by atoms with van der Waals surface area (Å²) in [5, 5.41) is -2.09. The van der Waals surface area contributed by atoms with Gasteiger partial charge in [-0.25, -0.2) is 0 Å². The Kier molecular flexibility index (Phi) is 11.4. The van der Waals surface area contributed by atoms with E-state index < -0.39 is 91.8 Å². The number of rotatable bonds is 10. The number of nitrogens with zero attached hydrogens (tertiary/aromatic N) is 3. The highest BCUT2D eigenvalue weighted by molar-refractivity contribution is 7.80. The molecule has 8 nitrogen and oxygen atoms in total. The van der Waals surface area contributed by atoms with E-state index in [1.165, 1.54) is 0 Å². The largest absolute Gasteiger partial charge is 0.412 e. The van der Waals surface area contributed by atoms with Crippen LogP contribution in [-0.2, 0) is 22.6 Å². The summed E-state index contributed by atoms with van der Waals surface area (Å²) in [7, 11) is -16.8. The summed E-state index contributed by atoms with van der Waals surface area (Å²) in [6.45, 7) is -10.3. The third kappa shape index (κ3) is 13.2. The highest BCUT2D eigenvalue weighted by Crippen LogP contribution is 2.83. The molecule has 240 valence electrons. The molecule has 0 radical (unpaired) electrons. The highest BCUT2D eigenvalue weighted by atomic mass is 31.3. The number of hydrogen-bond acceptors (Lipinski definition) is 8. The van der Waals surface area contributed by atoms with Gasteiger partial charge in [-0.2, -0.15) is 74.9 Å². The fraction of sp³-hybridized carbons (Fsp3) is 1.00. The van der Waals surface area contributed by atoms with Crippen LogP contribution in [0.1, 0.15) is 20.8 Å². The molecule has 40 heavy (non-hydrogen) atoms. The van der Waals surface area contributed by atoms with Crippen molar-refractivity contribution in [2.75, 3.05) is 33.0 Å². The molecule has 0 fully saturated rings. The van der Waals surface area contributed by atoms with Crippen molar-refractivity contribution in [1.82, 2.24) is 0 Å². The Hall–Kier alpha value is -0.560. The third-order valence-electron chi connectivity index (χ3n) is 3.56. The Labute approximate surface area is 215 Å². The summed E-state index contributed by atoms with van der Waals surface area (Å²) in [6.07, 6.45) is -27.1. The minimum absolute atomic E-state index is 0.875.